The Labute approximate surface area is 169 Å². The number of carbonyl (C=O) groups is 2. The molecule has 1 amide bonds. The number of esters is 1. The maximum atomic E-state index is 12.8. The molecule has 11 heteroatoms. The largest absolute Gasteiger partial charge is 0.462 e. The van der Waals surface area contributed by atoms with Gasteiger partial charge < -0.3 is 15.4 Å². The van der Waals surface area contributed by atoms with Gasteiger partial charge in [0, 0.05) is 18.3 Å². The normalized spacial score (nSPS) is 19.2. The first-order valence-corrected chi connectivity index (χ1v) is 11.9. The minimum atomic E-state index is -3.09. The lowest BCUT2D eigenvalue weighted by molar-refractivity contribution is -0.132. The highest BCUT2D eigenvalue weighted by Crippen LogP contribution is 2.24. The average molecular weight is 431 g/mol. The quantitative estimate of drug-likeness (QED) is 0.366. The standard InChI is InChI=1S/C17H26N4O5S2/c1-4-11(3)21(12-6-7-28(24,25)10-12)14(22)9-27-17-19-8-13(15(18)20-17)16(23)26-5-2/h8,11-12H,4-7,9-10H2,1-3H3,(H2,18,19,20). The van der Waals surface area contributed by atoms with Gasteiger partial charge in [0.15, 0.2) is 15.0 Å². The lowest BCUT2D eigenvalue weighted by atomic mass is 10.1. The third-order valence-electron chi connectivity index (χ3n) is 4.57. The number of carbonyl (C=O) groups excluding carboxylic acids is 2. The molecule has 1 aliphatic rings. The van der Waals surface area contributed by atoms with Crippen molar-refractivity contribution in [1.82, 2.24) is 14.9 Å². The molecule has 28 heavy (non-hydrogen) atoms. The lowest BCUT2D eigenvalue weighted by Gasteiger charge is -2.33. The highest BCUT2D eigenvalue weighted by atomic mass is 32.2. The summed E-state index contributed by atoms with van der Waals surface area (Å²) in [5.74, 6) is -0.606. The summed E-state index contributed by atoms with van der Waals surface area (Å²) in [6.07, 6.45) is 2.47. The number of nitrogens with two attached hydrogens (primary N) is 1. The van der Waals surface area contributed by atoms with Crippen LogP contribution in [0.25, 0.3) is 0 Å². The number of anilines is 1. The fourth-order valence-electron chi connectivity index (χ4n) is 3.02. The van der Waals surface area contributed by atoms with Crippen LogP contribution in [0.5, 0.6) is 0 Å². The smallest absolute Gasteiger partial charge is 0.343 e. The molecule has 0 aliphatic carbocycles. The summed E-state index contributed by atoms with van der Waals surface area (Å²) in [6.45, 7) is 5.77. The Morgan fingerprint density at radius 3 is 2.68 bits per heavy atom. The van der Waals surface area contributed by atoms with Crippen LogP contribution in [0.4, 0.5) is 5.82 Å². The number of hydrogen-bond donors (Lipinski definition) is 1. The molecule has 0 radical (unpaired) electrons. The summed E-state index contributed by atoms with van der Waals surface area (Å²) in [6, 6.07) is -0.367. The second-order valence-corrected chi connectivity index (χ2v) is 9.75. The molecule has 1 aromatic heterocycles. The van der Waals surface area contributed by atoms with E-state index in [0.29, 0.717) is 6.42 Å². The van der Waals surface area contributed by atoms with Crippen LogP contribution in [0.3, 0.4) is 0 Å². The topological polar surface area (TPSA) is 133 Å². The van der Waals surface area contributed by atoms with Crippen LogP contribution in [-0.2, 0) is 19.4 Å². The monoisotopic (exact) mass is 430 g/mol. The Bertz CT molecular complexity index is 831. The van der Waals surface area contributed by atoms with Gasteiger partial charge in [-0.15, -0.1) is 0 Å². The van der Waals surface area contributed by atoms with Gasteiger partial charge in [-0.1, -0.05) is 18.7 Å². The molecule has 2 N–H and O–H groups in total. The van der Waals surface area contributed by atoms with Gasteiger partial charge >= 0.3 is 5.97 Å². The van der Waals surface area contributed by atoms with Crippen LogP contribution in [0.15, 0.2) is 11.4 Å². The van der Waals surface area contributed by atoms with E-state index in [1.807, 2.05) is 13.8 Å². The number of thioether (sulfide) groups is 1. The molecule has 0 spiro atoms. The SMILES string of the molecule is CCOC(=O)c1cnc(SCC(=O)N(C(C)CC)C2CCS(=O)(=O)C2)nc1N. The molecule has 1 fully saturated rings. The van der Waals surface area contributed by atoms with Crippen LogP contribution in [-0.4, -0.2) is 71.1 Å². The Balaban J connectivity index is 2.06. The molecule has 2 heterocycles. The zero-order valence-electron chi connectivity index (χ0n) is 16.3. The Hall–Kier alpha value is -1.88. The minimum Gasteiger partial charge on any atom is -0.462 e. The molecule has 0 bridgehead atoms. The first kappa shape index (κ1) is 22.4. The summed E-state index contributed by atoms with van der Waals surface area (Å²) in [7, 11) is -3.09. The maximum absolute atomic E-state index is 12.8. The van der Waals surface area contributed by atoms with Crippen molar-refractivity contribution in [2.75, 3.05) is 29.6 Å². The van der Waals surface area contributed by atoms with Crippen molar-refractivity contribution in [2.45, 2.75) is 50.9 Å². The Kier molecular flexibility index (Phi) is 7.64. The zero-order chi connectivity index (χ0) is 20.9. The van der Waals surface area contributed by atoms with Crippen molar-refractivity contribution < 1.29 is 22.7 Å². The van der Waals surface area contributed by atoms with Crippen molar-refractivity contribution in [3.63, 3.8) is 0 Å². The van der Waals surface area contributed by atoms with E-state index in [1.165, 1.54) is 6.20 Å². The third kappa shape index (κ3) is 5.57. The van der Waals surface area contributed by atoms with Gasteiger partial charge in [0.2, 0.25) is 5.91 Å². The second-order valence-electron chi connectivity index (χ2n) is 6.58. The second kappa shape index (κ2) is 9.55. The van der Waals surface area contributed by atoms with Gasteiger partial charge in [0.1, 0.15) is 11.4 Å². The zero-order valence-corrected chi connectivity index (χ0v) is 17.9. The molecule has 1 saturated heterocycles. The number of nitrogen functional groups attached to an aromatic ring is 1. The number of nitrogens with zero attached hydrogens (tertiary/aromatic N) is 3. The number of amides is 1. The molecule has 2 unspecified atom stereocenters. The molecular weight excluding hydrogens is 404 g/mol. The average Bonchev–Trinajstić information content (AvgIpc) is 2.99. The number of hydrogen-bond acceptors (Lipinski definition) is 9. The van der Waals surface area contributed by atoms with Crippen LogP contribution in [0.1, 0.15) is 44.0 Å². The van der Waals surface area contributed by atoms with E-state index in [1.54, 1.807) is 11.8 Å². The van der Waals surface area contributed by atoms with E-state index in [4.69, 9.17) is 10.5 Å². The van der Waals surface area contributed by atoms with Gasteiger partial charge in [-0.2, -0.15) is 0 Å². The highest BCUT2D eigenvalue weighted by Gasteiger charge is 2.36. The summed E-state index contributed by atoms with van der Waals surface area (Å²) >= 11 is 1.10. The van der Waals surface area contributed by atoms with E-state index in [-0.39, 0.29) is 58.4 Å². The van der Waals surface area contributed by atoms with E-state index >= 15 is 0 Å². The molecule has 9 nitrogen and oxygen atoms in total. The van der Waals surface area contributed by atoms with Crippen LogP contribution in [0.2, 0.25) is 0 Å². The minimum absolute atomic E-state index is 0.00539. The molecule has 1 aliphatic heterocycles. The van der Waals surface area contributed by atoms with Gasteiger partial charge in [0.05, 0.1) is 23.9 Å². The number of aromatic nitrogens is 2. The van der Waals surface area contributed by atoms with Crippen molar-refractivity contribution in [1.29, 1.82) is 0 Å². The van der Waals surface area contributed by atoms with E-state index < -0.39 is 15.8 Å². The molecule has 0 saturated carbocycles. The lowest BCUT2D eigenvalue weighted by Crippen LogP contribution is -2.47. The van der Waals surface area contributed by atoms with E-state index in [0.717, 1.165) is 18.2 Å². The summed E-state index contributed by atoms with van der Waals surface area (Å²) in [5, 5.41) is 0.266. The van der Waals surface area contributed by atoms with Crippen molar-refractivity contribution >= 4 is 39.3 Å². The third-order valence-corrected chi connectivity index (χ3v) is 7.17. The number of rotatable bonds is 8. The van der Waals surface area contributed by atoms with E-state index in [2.05, 4.69) is 9.97 Å². The Morgan fingerprint density at radius 1 is 1.43 bits per heavy atom. The maximum Gasteiger partial charge on any atom is 0.343 e. The van der Waals surface area contributed by atoms with Gasteiger partial charge in [-0.3, -0.25) is 4.79 Å². The fraction of sp³-hybridized carbons (Fsp3) is 0.647. The first-order chi connectivity index (χ1) is 13.2. The predicted molar refractivity (Wildman–Crippen MR) is 107 cm³/mol. The summed E-state index contributed by atoms with van der Waals surface area (Å²) in [4.78, 5) is 34.3. The van der Waals surface area contributed by atoms with Gasteiger partial charge in [-0.05, 0) is 26.7 Å². The fourth-order valence-corrected chi connectivity index (χ4v) is 5.42. The number of ether oxygens (including phenoxy) is 1. The van der Waals surface area contributed by atoms with Gasteiger partial charge in [-0.25, -0.2) is 23.2 Å². The predicted octanol–water partition coefficient (Wildman–Crippen LogP) is 1.14. The van der Waals surface area contributed by atoms with Crippen LogP contribution >= 0.6 is 11.8 Å². The van der Waals surface area contributed by atoms with Crippen LogP contribution < -0.4 is 5.73 Å². The Morgan fingerprint density at radius 2 is 2.14 bits per heavy atom. The molecule has 0 aromatic carbocycles. The summed E-state index contributed by atoms with van der Waals surface area (Å²) in [5.41, 5.74) is 5.87. The van der Waals surface area contributed by atoms with Crippen molar-refractivity contribution in [2.24, 2.45) is 0 Å². The molecular formula is C17H26N4O5S2. The molecule has 1 aromatic rings. The van der Waals surface area contributed by atoms with Crippen molar-refractivity contribution in [3.05, 3.63) is 11.8 Å². The first-order valence-electron chi connectivity index (χ1n) is 9.12. The van der Waals surface area contributed by atoms with Crippen molar-refractivity contribution in [3.8, 4) is 0 Å². The molecule has 2 atom stereocenters. The highest BCUT2D eigenvalue weighted by molar-refractivity contribution is 7.99. The van der Waals surface area contributed by atoms with Crippen LogP contribution in [0, 0.1) is 0 Å². The summed E-state index contributed by atoms with van der Waals surface area (Å²) < 4.78 is 28.5. The van der Waals surface area contributed by atoms with Gasteiger partial charge in [0.25, 0.3) is 0 Å². The number of sulfone groups is 1. The molecule has 156 valence electrons. The molecule has 2 rings (SSSR count). The van der Waals surface area contributed by atoms with E-state index in [9.17, 15) is 18.0 Å².